The molecule has 0 aromatic heterocycles. The number of hydrogen-bond donors (Lipinski definition) is 1. The first-order valence-corrected chi connectivity index (χ1v) is 9.67. The first-order valence-electron chi connectivity index (χ1n) is 9.03. The van der Waals surface area contributed by atoms with E-state index in [1.165, 1.54) is 51.4 Å². The van der Waals surface area contributed by atoms with Gasteiger partial charge in [0, 0.05) is 19.5 Å². The van der Waals surface area contributed by atoms with Crippen molar-refractivity contribution >= 4 is 18.5 Å². The number of amides is 1. The van der Waals surface area contributed by atoms with Crippen molar-refractivity contribution in [3.63, 3.8) is 0 Å². The molecule has 1 fully saturated rings. The number of unbranched alkanes of at least 4 members (excludes halogenated alkanes) is 6. The summed E-state index contributed by atoms with van der Waals surface area (Å²) in [5.74, 6) is 2.88. The zero-order chi connectivity index (χ0) is 15.5. The van der Waals surface area contributed by atoms with Crippen molar-refractivity contribution in [3.05, 3.63) is 0 Å². The van der Waals surface area contributed by atoms with Crippen molar-refractivity contribution in [2.24, 2.45) is 11.8 Å². The summed E-state index contributed by atoms with van der Waals surface area (Å²) in [6, 6.07) is 0. The molecule has 0 N–H and O–H groups in total. The van der Waals surface area contributed by atoms with E-state index in [9.17, 15) is 4.79 Å². The molecule has 0 aromatic carbocycles. The average molecular weight is 314 g/mol. The molecule has 3 heteroatoms. The van der Waals surface area contributed by atoms with Crippen molar-refractivity contribution in [1.82, 2.24) is 4.90 Å². The summed E-state index contributed by atoms with van der Waals surface area (Å²) in [7, 11) is 0. The smallest absolute Gasteiger partial charge is 0.222 e. The third-order valence-electron chi connectivity index (χ3n) is 4.88. The van der Waals surface area contributed by atoms with Gasteiger partial charge in [-0.2, -0.15) is 12.6 Å². The Morgan fingerprint density at radius 1 is 1.05 bits per heavy atom. The number of hydrogen-bond acceptors (Lipinski definition) is 2. The Balaban J connectivity index is 2.09. The molecule has 0 bridgehead atoms. The molecule has 1 unspecified atom stereocenters. The van der Waals surface area contributed by atoms with Gasteiger partial charge in [-0.25, -0.2) is 0 Å². The lowest BCUT2D eigenvalue weighted by molar-refractivity contribution is -0.130. The van der Waals surface area contributed by atoms with Crippen LogP contribution in [0, 0.1) is 11.8 Å². The van der Waals surface area contributed by atoms with Crippen LogP contribution in [0.3, 0.4) is 0 Å². The average Bonchev–Trinajstić information content (AvgIpc) is 2.64. The fourth-order valence-corrected chi connectivity index (χ4v) is 3.48. The van der Waals surface area contributed by atoms with Crippen LogP contribution in [0.5, 0.6) is 0 Å². The molecule has 1 rings (SSSR count). The van der Waals surface area contributed by atoms with E-state index in [2.05, 4.69) is 31.4 Å². The third kappa shape index (κ3) is 8.13. The summed E-state index contributed by atoms with van der Waals surface area (Å²) in [6.07, 6.45) is 12.1. The lowest BCUT2D eigenvalue weighted by atomic mass is 9.89. The summed E-state index contributed by atoms with van der Waals surface area (Å²) in [6.45, 7) is 6.56. The van der Waals surface area contributed by atoms with Gasteiger partial charge in [-0.15, -0.1) is 0 Å². The van der Waals surface area contributed by atoms with Crippen LogP contribution in [-0.4, -0.2) is 29.6 Å². The summed E-state index contributed by atoms with van der Waals surface area (Å²) < 4.78 is 0. The predicted molar refractivity (Wildman–Crippen MR) is 94.9 cm³/mol. The Hall–Kier alpha value is -0.180. The van der Waals surface area contributed by atoms with Gasteiger partial charge in [0.15, 0.2) is 0 Å². The van der Waals surface area contributed by atoms with Gasteiger partial charge in [-0.3, -0.25) is 4.79 Å². The van der Waals surface area contributed by atoms with Gasteiger partial charge in [0.05, 0.1) is 0 Å². The maximum absolute atomic E-state index is 12.1. The van der Waals surface area contributed by atoms with E-state index >= 15 is 0 Å². The predicted octanol–water partition coefficient (Wildman–Crippen LogP) is 4.93. The highest BCUT2D eigenvalue weighted by Gasteiger charge is 2.23. The number of carbonyl (C=O) groups excluding carboxylic acids is 1. The van der Waals surface area contributed by atoms with Crippen LogP contribution in [0.15, 0.2) is 0 Å². The highest BCUT2D eigenvalue weighted by molar-refractivity contribution is 7.80. The zero-order valence-corrected chi connectivity index (χ0v) is 15.0. The molecule has 1 atom stereocenters. The largest absolute Gasteiger partial charge is 0.343 e. The van der Waals surface area contributed by atoms with E-state index in [-0.39, 0.29) is 0 Å². The lowest BCUT2D eigenvalue weighted by Crippen LogP contribution is -2.31. The second-order valence-electron chi connectivity index (χ2n) is 6.91. The Morgan fingerprint density at radius 2 is 1.67 bits per heavy atom. The Bertz CT molecular complexity index is 280. The zero-order valence-electron chi connectivity index (χ0n) is 14.1. The van der Waals surface area contributed by atoms with Crippen molar-refractivity contribution in [1.29, 1.82) is 0 Å². The Labute approximate surface area is 137 Å². The fourth-order valence-electron chi connectivity index (χ4n) is 3.26. The highest BCUT2D eigenvalue weighted by Crippen LogP contribution is 2.25. The number of thiol groups is 1. The number of likely N-dealkylation sites (tertiary alicyclic amines) is 1. The van der Waals surface area contributed by atoms with Crippen LogP contribution in [0.1, 0.15) is 78.1 Å². The maximum atomic E-state index is 12.1. The number of carbonyl (C=O) groups is 1. The Morgan fingerprint density at radius 3 is 2.29 bits per heavy atom. The van der Waals surface area contributed by atoms with E-state index in [0.717, 1.165) is 43.5 Å². The fraction of sp³-hybridized carbons (Fsp3) is 0.944. The summed E-state index contributed by atoms with van der Waals surface area (Å²) in [5, 5.41) is 0. The van der Waals surface area contributed by atoms with Crippen LogP contribution in [0.2, 0.25) is 0 Å². The minimum Gasteiger partial charge on any atom is -0.343 e. The first kappa shape index (κ1) is 18.9. The van der Waals surface area contributed by atoms with E-state index < -0.39 is 0 Å². The number of nitrogens with zero attached hydrogens (tertiary/aromatic N) is 1. The van der Waals surface area contributed by atoms with Crippen molar-refractivity contribution in [3.8, 4) is 0 Å². The van der Waals surface area contributed by atoms with E-state index in [0.29, 0.717) is 5.91 Å². The minimum atomic E-state index is 0.395. The molecule has 21 heavy (non-hydrogen) atoms. The van der Waals surface area contributed by atoms with E-state index in [1.54, 1.807) is 0 Å². The highest BCUT2D eigenvalue weighted by atomic mass is 32.1. The molecular formula is C18H35NOS. The molecule has 0 spiro atoms. The van der Waals surface area contributed by atoms with Crippen molar-refractivity contribution in [2.75, 3.05) is 18.8 Å². The molecule has 0 saturated carbocycles. The van der Waals surface area contributed by atoms with Crippen LogP contribution in [0.4, 0.5) is 0 Å². The quantitative estimate of drug-likeness (QED) is 0.448. The molecule has 1 aliphatic rings. The first-order chi connectivity index (χ1) is 10.1. The molecular weight excluding hydrogens is 278 g/mol. The van der Waals surface area contributed by atoms with Gasteiger partial charge in [0.1, 0.15) is 0 Å². The van der Waals surface area contributed by atoms with Crippen molar-refractivity contribution in [2.45, 2.75) is 78.1 Å². The monoisotopic (exact) mass is 313 g/mol. The molecule has 2 nitrogen and oxygen atoms in total. The van der Waals surface area contributed by atoms with Gasteiger partial charge >= 0.3 is 0 Å². The van der Waals surface area contributed by atoms with E-state index in [1.807, 2.05) is 0 Å². The molecule has 1 heterocycles. The summed E-state index contributed by atoms with van der Waals surface area (Å²) in [4.78, 5) is 14.3. The third-order valence-corrected chi connectivity index (χ3v) is 5.20. The number of rotatable bonds is 10. The SMILES string of the molecule is CC(C)C1CCC(=O)N(CCCCCCCCCS)CC1. The molecule has 1 saturated heterocycles. The van der Waals surface area contributed by atoms with Crippen LogP contribution in [0.25, 0.3) is 0 Å². The molecule has 1 amide bonds. The van der Waals surface area contributed by atoms with Crippen LogP contribution < -0.4 is 0 Å². The topological polar surface area (TPSA) is 20.3 Å². The van der Waals surface area contributed by atoms with Gasteiger partial charge < -0.3 is 4.90 Å². The van der Waals surface area contributed by atoms with Gasteiger partial charge in [-0.05, 0) is 43.3 Å². The summed E-state index contributed by atoms with van der Waals surface area (Å²) >= 11 is 4.24. The van der Waals surface area contributed by atoms with Gasteiger partial charge in [0.2, 0.25) is 5.91 Å². The molecule has 0 aliphatic carbocycles. The second-order valence-corrected chi connectivity index (χ2v) is 7.36. The minimum absolute atomic E-state index is 0.395. The Kier molecular flexibility index (Phi) is 10.2. The van der Waals surface area contributed by atoms with Crippen molar-refractivity contribution < 1.29 is 4.79 Å². The molecule has 0 radical (unpaired) electrons. The maximum Gasteiger partial charge on any atom is 0.222 e. The normalized spacial score (nSPS) is 20.1. The molecule has 1 aliphatic heterocycles. The van der Waals surface area contributed by atoms with Crippen LogP contribution in [-0.2, 0) is 4.79 Å². The lowest BCUT2D eigenvalue weighted by Gasteiger charge is -2.21. The molecule has 0 aromatic rings. The van der Waals surface area contributed by atoms with Gasteiger partial charge in [-0.1, -0.05) is 46.0 Å². The standard InChI is InChI=1S/C18H35NOS/c1-16(2)17-10-11-18(20)19(14-12-17)13-8-6-4-3-5-7-9-15-21/h16-17,21H,3-15H2,1-2H3. The van der Waals surface area contributed by atoms with E-state index in [4.69, 9.17) is 0 Å². The molecule has 124 valence electrons. The van der Waals surface area contributed by atoms with Gasteiger partial charge in [0.25, 0.3) is 0 Å². The second kappa shape index (κ2) is 11.4. The summed E-state index contributed by atoms with van der Waals surface area (Å²) in [5.41, 5.74) is 0. The van der Waals surface area contributed by atoms with Crippen LogP contribution >= 0.6 is 12.6 Å².